The predicted molar refractivity (Wildman–Crippen MR) is 133 cm³/mol. The average Bonchev–Trinajstić information content (AvgIpc) is 3.27. The summed E-state index contributed by atoms with van der Waals surface area (Å²) in [6.45, 7) is 0. The number of benzene rings is 3. The first-order valence-electron chi connectivity index (χ1n) is 10.5. The minimum absolute atomic E-state index is 0.304. The van der Waals surface area contributed by atoms with Crippen molar-refractivity contribution in [3.05, 3.63) is 105 Å². The maximum absolute atomic E-state index is 13.8. The zero-order valence-electron chi connectivity index (χ0n) is 17.8. The highest BCUT2D eigenvalue weighted by Gasteiger charge is 2.41. The first-order valence-corrected chi connectivity index (χ1v) is 12.5. The van der Waals surface area contributed by atoms with E-state index in [0.717, 1.165) is 28.0 Å². The van der Waals surface area contributed by atoms with Crippen LogP contribution < -0.4 is 10.1 Å². The molecule has 4 aromatic rings. The van der Waals surface area contributed by atoms with Crippen LogP contribution in [0.15, 0.2) is 77.5 Å². The van der Waals surface area contributed by atoms with Crippen LogP contribution >= 0.6 is 35.0 Å². The topological polar surface area (TPSA) is 52.0 Å². The predicted octanol–water partition coefficient (Wildman–Crippen LogP) is 7.01. The average molecular weight is 511 g/mol. The third-order valence-electron chi connectivity index (χ3n) is 5.96. The maximum Gasteiger partial charge on any atom is 0.227 e. The lowest BCUT2D eigenvalue weighted by Crippen LogP contribution is -2.32. The SMILES string of the molecule is CSc1nc2n(n1)[C@@H](c1ccc(F)cc1)C1=C(N2)c2cc(Cl)ccc2O[C@H]1c1ccc(Cl)cc1. The Labute approximate surface area is 209 Å². The van der Waals surface area contributed by atoms with Crippen LogP contribution in [0.4, 0.5) is 10.3 Å². The summed E-state index contributed by atoms with van der Waals surface area (Å²) in [4.78, 5) is 4.66. The second-order valence-corrected chi connectivity index (χ2v) is 9.61. The van der Waals surface area contributed by atoms with Gasteiger partial charge in [0.1, 0.15) is 23.7 Å². The van der Waals surface area contributed by atoms with Crippen molar-refractivity contribution in [1.82, 2.24) is 14.8 Å². The first kappa shape index (κ1) is 21.5. The van der Waals surface area contributed by atoms with Gasteiger partial charge < -0.3 is 10.1 Å². The number of ether oxygens (including phenoxy) is 1. The van der Waals surface area contributed by atoms with E-state index in [1.807, 2.05) is 47.3 Å². The van der Waals surface area contributed by atoms with Gasteiger partial charge in [-0.25, -0.2) is 9.07 Å². The van der Waals surface area contributed by atoms with E-state index in [9.17, 15) is 4.39 Å². The molecule has 3 heterocycles. The molecule has 170 valence electrons. The normalized spacial score (nSPS) is 18.5. The highest BCUT2D eigenvalue weighted by molar-refractivity contribution is 7.98. The van der Waals surface area contributed by atoms with Crippen molar-refractivity contribution in [2.75, 3.05) is 11.6 Å². The summed E-state index contributed by atoms with van der Waals surface area (Å²) in [5, 5.41) is 10.1. The van der Waals surface area contributed by atoms with Crippen molar-refractivity contribution in [3.63, 3.8) is 0 Å². The molecule has 2 atom stereocenters. The molecule has 0 spiro atoms. The van der Waals surface area contributed by atoms with Gasteiger partial charge in [0.05, 0.1) is 5.70 Å². The fraction of sp³-hybridized carbons (Fsp3) is 0.120. The number of nitrogens with one attached hydrogen (secondary N) is 1. The van der Waals surface area contributed by atoms with Gasteiger partial charge in [0.25, 0.3) is 0 Å². The molecule has 5 nitrogen and oxygen atoms in total. The molecule has 0 bridgehead atoms. The van der Waals surface area contributed by atoms with Gasteiger partial charge in [0.2, 0.25) is 11.1 Å². The summed E-state index contributed by atoms with van der Waals surface area (Å²) in [5.41, 5.74) is 4.40. The molecule has 0 unspecified atom stereocenters. The Balaban J connectivity index is 1.63. The van der Waals surface area contributed by atoms with Crippen LogP contribution in [0.3, 0.4) is 0 Å². The number of rotatable bonds is 3. The number of fused-ring (bicyclic) bond motifs is 3. The molecule has 0 amide bonds. The Bertz CT molecular complexity index is 1440. The molecular formula is C25H17Cl2FN4OS. The molecule has 2 aliphatic rings. The number of hydrogen-bond acceptors (Lipinski definition) is 5. The number of hydrogen-bond donors (Lipinski definition) is 1. The zero-order valence-corrected chi connectivity index (χ0v) is 20.1. The standard InChI is InChI=1S/C25H17Cl2FN4OS/c1-34-25-30-24-29-21-18-12-16(27)8-11-19(18)33-23(14-2-6-15(26)7-3-14)20(21)22(32(24)31-25)13-4-9-17(28)10-5-13/h2-12,22-23H,1H3,(H,29,30,31)/t22-,23-/m0/s1. The lowest BCUT2D eigenvalue weighted by atomic mass is 9.84. The zero-order chi connectivity index (χ0) is 23.4. The molecule has 1 aromatic heterocycles. The molecule has 0 radical (unpaired) electrons. The van der Waals surface area contributed by atoms with E-state index in [4.69, 9.17) is 33.0 Å². The lowest BCUT2D eigenvalue weighted by molar-refractivity contribution is 0.223. The van der Waals surface area contributed by atoms with Crippen molar-refractivity contribution >= 4 is 46.6 Å². The number of aromatic nitrogens is 3. The fourth-order valence-electron chi connectivity index (χ4n) is 4.45. The number of anilines is 1. The van der Waals surface area contributed by atoms with Gasteiger partial charge in [-0.3, -0.25) is 0 Å². The van der Waals surface area contributed by atoms with Gasteiger partial charge in [-0.05, 0) is 59.8 Å². The van der Waals surface area contributed by atoms with Crippen molar-refractivity contribution in [1.29, 1.82) is 0 Å². The Hall–Kier alpha value is -3.00. The van der Waals surface area contributed by atoms with Crippen molar-refractivity contribution < 1.29 is 9.13 Å². The summed E-state index contributed by atoms with van der Waals surface area (Å²) in [6.07, 6.45) is 1.48. The van der Waals surface area contributed by atoms with Crippen LogP contribution in [0.5, 0.6) is 5.75 Å². The molecule has 34 heavy (non-hydrogen) atoms. The summed E-state index contributed by atoms with van der Waals surface area (Å²) in [7, 11) is 0. The van der Waals surface area contributed by atoms with Crippen molar-refractivity contribution in [2.24, 2.45) is 0 Å². The van der Waals surface area contributed by atoms with Gasteiger partial charge >= 0.3 is 0 Å². The molecule has 0 fully saturated rings. The van der Waals surface area contributed by atoms with Crippen LogP contribution in [0.2, 0.25) is 10.0 Å². The Kier molecular flexibility index (Phi) is 5.28. The number of halogens is 3. The molecule has 6 rings (SSSR count). The van der Waals surface area contributed by atoms with E-state index in [0.29, 0.717) is 26.9 Å². The van der Waals surface area contributed by atoms with Gasteiger partial charge in [-0.15, -0.1) is 5.10 Å². The van der Waals surface area contributed by atoms with E-state index in [1.54, 1.807) is 18.2 Å². The molecule has 9 heteroatoms. The fourth-order valence-corrected chi connectivity index (χ4v) is 5.09. The first-order chi connectivity index (χ1) is 16.5. The minimum Gasteiger partial charge on any atom is -0.480 e. The van der Waals surface area contributed by atoms with Gasteiger partial charge in [0.15, 0.2) is 0 Å². The second-order valence-electron chi connectivity index (χ2n) is 7.97. The van der Waals surface area contributed by atoms with Crippen molar-refractivity contribution in [2.45, 2.75) is 17.3 Å². The van der Waals surface area contributed by atoms with E-state index in [1.165, 1.54) is 23.9 Å². The molecule has 2 aliphatic heterocycles. The minimum atomic E-state index is -0.446. The summed E-state index contributed by atoms with van der Waals surface area (Å²) < 4.78 is 22.2. The lowest BCUT2D eigenvalue weighted by Gasteiger charge is -2.39. The van der Waals surface area contributed by atoms with Gasteiger partial charge in [-0.2, -0.15) is 4.98 Å². The third kappa shape index (κ3) is 3.55. The molecule has 0 aliphatic carbocycles. The Morgan fingerprint density at radius 2 is 1.68 bits per heavy atom. The molecule has 0 saturated carbocycles. The summed E-state index contributed by atoms with van der Waals surface area (Å²) in [6, 6.07) is 19.2. The van der Waals surface area contributed by atoms with E-state index >= 15 is 0 Å². The molecular weight excluding hydrogens is 494 g/mol. The third-order valence-corrected chi connectivity index (χ3v) is 6.98. The van der Waals surface area contributed by atoms with Crippen LogP contribution in [-0.4, -0.2) is 21.0 Å². The van der Waals surface area contributed by atoms with E-state index in [2.05, 4.69) is 10.3 Å². The van der Waals surface area contributed by atoms with Crippen molar-refractivity contribution in [3.8, 4) is 5.75 Å². The molecule has 0 saturated heterocycles. The van der Waals surface area contributed by atoms with Gasteiger partial charge in [-0.1, -0.05) is 59.2 Å². The highest BCUT2D eigenvalue weighted by atomic mass is 35.5. The number of nitrogens with zero attached hydrogens (tertiary/aromatic N) is 3. The Morgan fingerprint density at radius 3 is 2.41 bits per heavy atom. The Morgan fingerprint density at radius 1 is 0.971 bits per heavy atom. The molecule has 3 aromatic carbocycles. The van der Waals surface area contributed by atoms with Crippen LogP contribution in [0, 0.1) is 5.82 Å². The second kappa shape index (κ2) is 8.34. The quantitative estimate of drug-likeness (QED) is 0.300. The smallest absolute Gasteiger partial charge is 0.227 e. The van der Waals surface area contributed by atoms with Gasteiger partial charge in [0, 0.05) is 21.2 Å². The van der Waals surface area contributed by atoms with Crippen LogP contribution in [0.1, 0.15) is 28.8 Å². The highest BCUT2D eigenvalue weighted by Crippen LogP contribution is 2.51. The monoisotopic (exact) mass is 510 g/mol. The van der Waals surface area contributed by atoms with Crippen LogP contribution in [0.25, 0.3) is 5.70 Å². The van der Waals surface area contributed by atoms with Crippen LogP contribution in [-0.2, 0) is 0 Å². The molecule has 1 N–H and O–H groups in total. The number of thioether (sulfide) groups is 1. The van der Waals surface area contributed by atoms with E-state index < -0.39 is 6.10 Å². The summed E-state index contributed by atoms with van der Waals surface area (Å²) >= 11 is 14.0. The maximum atomic E-state index is 13.8. The summed E-state index contributed by atoms with van der Waals surface area (Å²) in [5.74, 6) is 0.994. The van der Waals surface area contributed by atoms with E-state index in [-0.39, 0.29) is 11.9 Å². The largest absolute Gasteiger partial charge is 0.480 e.